The Labute approximate surface area is 106 Å². The van der Waals surface area contributed by atoms with Gasteiger partial charge in [0.05, 0.1) is 17.4 Å². The Morgan fingerprint density at radius 2 is 2.33 bits per heavy atom. The van der Waals surface area contributed by atoms with Crippen molar-refractivity contribution in [3.8, 4) is 6.07 Å². The van der Waals surface area contributed by atoms with Crippen molar-refractivity contribution in [2.75, 3.05) is 17.6 Å². The number of nitrogens with zero attached hydrogens (tertiary/aromatic N) is 3. The lowest BCUT2D eigenvalue weighted by Crippen LogP contribution is -2.05. The third-order valence-corrected chi connectivity index (χ3v) is 2.67. The normalized spacial score (nSPS) is 10.0. The summed E-state index contributed by atoms with van der Waals surface area (Å²) in [6.07, 6.45) is 4.75. The number of nitriles is 1. The maximum Gasteiger partial charge on any atom is 0.101 e. The molecule has 0 radical (unpaired) electrons. The fourth-order valence-electron chi connectivity index (χ4n) is 1.73. The standard InChI is InChI=1S/C13H15N5/c1-18-9-10(8-17-18)4-5-16-12-3-2-11(7-14)13(15)6-12/h2-3,6,8-9,16H,4-5,15H2,1H3. The Kier molecular flexibility index (Phi) is 3.49. The quantitative estimate of drug-likeness (QED) is 0.795. The first kappa shape index (κ1) is 12.0. The van der Waals surface area contributed by atoms with E-state index in [1.54, 1.807) is 16.8 Å². The van der Waals surface area contributed by atoms with Gasteiger partial charge in [-0.15, -0.1) is 0 Å². The summed E-state index contributed by atoms with van der Waals surface area (Å²) < 4.78 is 1.79. The molecule has 18 heavy (non-hydrogen) atoms. The van der Waals surface area contributed by atoms with Gasteiger partial charge in [-0.05, 0) is 30.2 Å². The highest BCUT2D eigenvalue weighted by Gasteiger charge is 2.00. The highest BCUT2D eigenvalue weighted by atomic mass is 15.2. The van der Waals surface area contributed by atoms with Crippen molar-refractivity contribution < 1.29 is 0 Å². The van der Waals surface area contributed by atoms with E-state index < -0.39 is 0 Å². The molecule has 2 rings (SSSR count). The molecule has 0 atom stereocenters. The summed E-state index contributed by atoms with van der Waals surface area (Å²) in [5.41, 5.74) is 8.87. The average Bonchev–Trinajstić information content (AvgIpc) is 2.75. The van der Waals surface area contributed by atoms with Crippen molar-refractivity contribution in [2.24, 2.45) is 7.05 Å². The molecule has 1 aromatic carbocycles. The van der Waals surface area contributed by atoms with Crippen LogP contribution in [-0.2, 0) is 13.5 Å². The van der Waals surface area contributed by atoms with Gasteiger partial charge in [-0.1, -0.05) is 0 Å². The molecule has 0 aliphatic heterocycles. The third kappa shape index (κ3) is 2.80. The van der Waals surface area contributed by atoms with Gasteiger partial charge in [-0.2, -0.15) is 10.4 Å². The number of nitrogen functional groups attached to an aromatic ring is 1. The van der Waals surface area contributed by atoms with Crippen molar-refractivity contribution in [1.29, 1.82) is 5.26 Å². The number of hydrogen-bond acceptors (Lipinski definition) is 4. The number of anilines is 2. The molecule has 0 aliphatic rings. The largest absolute Gasteiger partial charge is 0.398 e. The van der Waals surface area contributed by atoms with Crippen molar-refractivity contribution in [3.05, 3.63) is 41.7 Å². The van der Waals surface area contributed by atoms with Crippen LogP contribution in [0.3, 0.4) is 0 Å². The van der Waals surface area contributed by atoms with E-state index in [1.807, 2.05) is 31.6 Å². The van der Waals surface area contributed by atoms with Crippen molar-refractivity contribution >= 4 is 11.4 Å². The van der Waals surface area contributed by atoms with Gasteiger partial charge in [0.2, 0.25) is 0 Å². The second kappa shape index (κ2) is 5.23. The molecule has 3 N–H and O–H groups in total. The zero-order chi connectivity index (χ0) is 13.0. The zero-order valence-corrected chi connectivity index (χ0v) is 10.2. The highest BCUT2D eigenvalue weighted by Crippen LogP contribution is 2.17. The molecule has 1 aromatic heterocycles. The smallest absolute Gasteiger partial charge is 0.101 e. The topological polar surface area (TPSA) is 79.7 Å². The van der Waals surface area contributed by atoms with Crippen LogP contribution in [0, 0.1) is 11.3 Å². The monoisotopic (exact) mass is 241 g/mol. The maximum atomic E-state index is 8.78. The van der Waals surface area contributed by atoms with Gasteiger partial charge in [-0.25, -0.2) is 0 Å². The molecule has 2 aromatic rings. The van der Waals surface area contributed by atoms with Crippen LogP contribution >= 0.6 is 0 Å². The molecule has 0 aliphatic carbocycles. The Hall–Kier alpha value is -2.48. The molecule has 0 fully saturated rings. The number of nitrogens with one attached hydrogen (secondary N) is 1. The SMILES string of the molecule is Cn1cc(CCNc2ccc(C#N)c(N)c2)cn1. The van der Waals surface area contributed by atoms with Crippen LogP contribution in [-0.4, -0.2) is 16.3 Å². The number of aryl methyl sites for hydroxylation is 1. The van der Waals surface area contributed by atoms with E-state index in [1.165, 1.54) is 5.56 Å². The Morgan fingerprint density at radius 1 is 1.50 bits per heavy atom. The van der Waals surface area contributed by atoms with Gasteiger partial charge in [0.25, 0.3) is 0 Å². The number of aromatic nitrogens is 2. The molecule has 0 unspecified atom stereocenters. The van der Waals surface area contributed by atoms with Gasteiger partial charge in [-0.3, -0.25) is 4.68 Å². The minimum absolute atomic E-state index is 0.504. The first-order valence-corrected chi connectivity index (χ1v) is 5.70. The van der Waals surface area contributed by atoms with E-state index in [4.69, 9.17) is 11.0 Å². The Balaban J connectivity index is 1.91. The van der Waals surface area contributed by atoms with Crippen LogP contribution < -0.4 is 11.1 Å². The van der Waals surface area contributed by atoms with Crippen LogP contribution in [0.15, 0.2) is 30.6 Å². The number of benzene rings is 1. The van der Waals surface area contributed by atoms with Gasteiger partial charge in [0, 0.05) is 25.5 Å². The minimum Gasteiger partial charge on any atom is -0.398 e. The van der Waals surface area contributed by atoms with E-state index in [0.717, 1.165) is 18.7 Å². The molecule has 5 nitrogen and oxygen atoms in total. The van der Waals surface area contributed by atoms with Crippen LogP contribution in [0.1, 0.15) is 11.1 Å². The van der Waals surface area contributed by atoms with Crippen LogP contribution in [0.2, 0.25) is 0 Å². The van der Waals surface area contributed by atoms with Crippen molar-refractivity contribution in [2.45, 2.75) is 6.42 Å². The zero-order valence-electron chi connectivity index (χ0n) is 10.2. The fourth-order valence-corrected chi connectivity index (χ4v) is 1.73. The third-order valence-electron chi connectivity index (χ3n) is 2.67. The second-order valence-corrected chi connectivity index (χ2v) is 4.11. The lowest BCUT2D eigenvalue weighted by atomic mass is 10.1. The van der Waals surface area contributed by atoms with Crippen LogP contribution in [0.4, 0.5) is 11.4 Å². The fraction of sp³-hybridized carbons (Fsp3) is 0.231. The Bertz CT molecular complexity index is 579. The minimum atomic E-state index is 0.504. The summed E-state index contributed by atoms with van der Waals surface area (Å²) in [6.45, 7) is 0.803. The predicted octanol–water partition coefficient (Wildman–Crippen LogP) is 1.53. The summed E-state index contributed by atoms with van der Waals surface area (Å²) in [4.78, 5) is 0. The maximum absolute atomic E-state index is 8.78. The first-order chi connectivity index (χ1) is 8.69. The van der Waals surface area contributed by atoms with Crippen molar-refractivity contribution in [3.63, 3.8) is 0 Å². The highest BCUT2D eigenvalue weighted by molar-refractivity contribution is 5.62. The van der Waals surface area contributed by atoms with E-state index in [-0.39, 0.29) is 0 Å². The summed E-state index contributed by atoms with van der Waals surface area (Å²) in [6, 6.07) is 7.41. The Morgan fingerprint density at radius 3 is 2.94 bits per heavy atom. The van der Waals surface area contributed by atoms with Crippen LogP contribution in [0.5, 0.6) is 0 Å². The van der Waals surface area contributed by atoms with Gasteiger partial charge in [0.1, 0.15) is 6.07 Å². The molecular weight excluding hydrogens is 226 g/mol. The molecule has 5 heteroatoms. The molecule has 0 saturated carbocycles. The summed E-state index contributed by atoms with van der Waals surface area (Å²) in [5.74, 6) is 0. The summed E-state index contributed by atoms with van der Waals surface area (Å²) in [5, 5.41) is 16.2. The predicted molar refractivity (Wildman–Crippen MR) is 71.0 cm³/mol. The molecule has 1 heterocycles. The number of rotatable bonds is 4. The second-order valence-electron chi connectivity index (χ2n) is 4.11. The van der Waals surface area contributed by atoms with E-state index in [0.29, 0.717) is 11.3 Å². The van der Waals surface area contributed by atoms with Gasteiger partial charge >= 0.3 is 0 Å². The lowest BCUT2D eigenvalue weighted by Gasteiger charge is -2.06. The summed E-state index contributed by atoms with van der Waals surface area (Å²) in [7, 11) is 1.90. The molecule has 0 amide bonds. The number of hydrogen-bond donors (Lipinski definition) is 2. The van der Waals surface area contributed by atoms with Gasteiger partial charge in [0.15, 0.2) is 0 Å². The molecule has 92 valence electrons. The van der Waals surface area contributed by atoms with Gasteiger partial charge < -0.3 is 11.1 Å². The number of nitrogens with two attached hydrogens (primary N) is 1. The van der Waals surface area contributed by atoms with Crippen LogP contribution in [0.25, 0.3) is 0 Å². The molecule has 0 saturated heterocycles. The molecular formula is C13H15N5. The molecule has 0 bridgehead atoms. The lowest BCUT2D eigenvalue weighted by molar-refractivity contribution is 0.767. The van der Waals surface area contributed by atoms with E-state index in [9.17, 15) is 0 Å². The van der Waals surface area contributed by atoms with E-state index >= 15 is 0 Å². The average molecular weight is 241 g/mol. The first-order valence-electron chi connectivity index (χ1n) is 5.70. The van der Waals surface area contributed by atoms with Crippen molar-refractivity contribution in [1.82, 2.24) is 9.78 Å². The molecule has 0 spiro atoms. The summed E-state index contributed by atoms with van der Waals surface area (Å²) >= 11 is 0. The van der Waals surface area contributed by atoms with E-state index in [2.05, 4.69) is 10.4 Å².